The van der Waals surface area contributed by atoms with Crippen molar-refractivity contribution in [2.24, 2.45) is 0 Å². The summed E-state index contributed by atoms with van der Waals surface area (Å²) in [5.74, 6) is 1.09. The van der Waals surface area contributed by atoms with Gasteiger partial charge in [0.05, 0.1) is 10.7 Å². The Balaban J connectivity index is 1.75. The van der Waals surface area contributed by atoms with Gasteiger partial charge in [-0.15, -0.1) is 23.1 Å². The molecule has 19 heavy (non-hydrogen) atoms. The zero-order chi connectivity index (χ0) is 13.7. The summed E-state index contributed by atoms with van der Waals surface area (Å²) in [4.78, 5) is 7.18. The first-order chi connectivity index (χ1) is 9.16. The summed E-state index contributed by atoms with van der Waals surface area (Å²) < 4.78 is 0. The van der Waals surface area contributed by atoms with Gasteiger partial charge in [-0.05, 0) is 32.9 Å². The zero-order valence-corrected chi connectivity index (χ0v) is 13.3. The molecule has 1 heterocycles. The van der Waals surface area contributed by atoms with Gasteiger partial charge in [0.1, 0.15) is 0 Å². The van der Waals surface area contributed by atoms with E-state index in [1.54, 1.807) is 11.3 Å². The summed E-state index contributed by atoms with van der Waals surface area (Å²) in [6.07, 6.45) is 0. The van der Waals surface area contributed by atoms with Gasteiger partial charge in [0.2, 0.25) is 0 Å². The fourth-order valence-electron chi connectivity index (χ4n) is 2.00. The fraction of sp³-hybridized carbons (Fsp3) is 0.400. The highest BCUT2D eigenvalue weighted by Crippen LogP contribution is 2.24. The van der Waals surface area contributed by atoms with Crippen LogP contribution in [0.15, 0.2) is 35.2 Å². The van der Waals surface area contributed by atoms with Gasteiger partial charge in [0.25, 0.3) is 0 Å². The van der Waals surface area contributed by atoms with E-state index in [4.69, 9.17) is 0 Å². The molecule has 2 nitrogen and oxygen atoms in total. The lowest BCUT2D eigenvalue weighted by Crippen LogP contribution is -2.21. The van der Waals surface area contributed by atoms with Gasteiger partial charge in [0.15, 0.2) is 0 Å². The van der Waals surface area contributed by atoms with Gasteiger partial charge in [-0.25, -0.2) is 4.98 Å². The Morgan fingerprint density at radius 1 is 1.26 bits per heavy atom. The molecule has 1 atom stereocenters. The highest BCUT2D eigenvalue weighted by Gasteiger charge is 2.11. The first kappa shape index (κ1) is 14.6. The summed E-state index contributed by atoms with van der Waals surface area (Å²) in [5.41, 5.74) is 1.17. The predicted molar refractivity (Wildman–Crippen MR) is 85.2 cm³/mol. The second kappa shape index (κ2) is 7.08. The first-order valence-corrected chi connectivity index (χ1v) is 8.32. The molecule has 0 aliphatic rings. The van der Waals surface area contributed by atoms with Gasteiger partial charge < -0.3 is 5.32 Å². The molecule has 0 aliphatic carbocycles. The van der Waals surface area contributed by atoms with Crippen molar-refractivity contribution in [1.82, 2.24) is 10.3 Å². The van der Waals surface area contributed by atoms with Gasteiger partial charge in [-0.2, -0.15) is 0 Å². The van der Waals surface area contributed by atoms with E-state index < -0.39 is 0 Å². The molecular weight excluding hydrogens is 272 g/mol. The molecule has 1 unspecified atom stereocenters. The van der Waals surface area contributed by atoms with Crippen LogP contribution >= 0.6 is 23.1 Å². The highest BCUT2D eigenvalue weighted by atomic mass is 32.2. The zero-order valence-electron chi connectivity index (χ0n) is 11.6. The number of thiazole rings is 1. The maximum atomic E-state index is 4.48. The number of hydrogen-bond acceptors (Lipinski definition) is 4. The number of benzene rings is 1. The second-order valence-electron chi connectivity index (χ2n) is 4.52. The van der Waals surface area contributed by atoms with Crippen LogP contribution in [0.5, 0.6) is 0 Å². The van der Waals surface area contributed by atoms with E-state index in [0.29, 0.717) is 6.04 Å². The van der Waals surface area contributed by atoms with Crippen LogP contribution in [-0.2, 0) is 0 Å². The van der Waals surface area contributed by atoms with E-state index in [-0.39, 0.29) is 0 Å². The van der Waals surface area contributed by atoms with Gasteiger partial charge in [-0.3, -0.25) is 0 Å². The van der Waals surface area contributed by atoms with Crippen molar-refractivity contribution >= 4 is 23.1 Å². The topological polar surface area (TPSA) is 24.9 Å². The molecule has 0 saturated carbocycles. The minimum absolute atomic E-state index is 0.391. The Labute approximate surface area is 123 Å². The monoisotopic (exact) mass is 292 g/mol. The molecule has 0 aliphatic heterocycles. The van der Waals surface area contributed by atoms with E-state index in [9.17, 15) is 0 Å². The van der Waals surface area contributed by atoms with E-state index in [1.165, 1.54) is 15.5 Å². The number of nitrogens with one attached hydrogen (secondary N) is 1. The SMILES string of the molecule is Cc1nc(C)c(C(C)NCCSc2ccccc2)s1. The summed E-state index contributed by atoms with van der Waals surface area (Å²) in [7, 11) is 0. The van der Waals surface area contributed by atoms with Gasteiger partial charge in [0, 0.05) is 28.1 Å². The molecule has 0 spiro atoms. The maximum absolute atomic E-state index is 4.48. The van der Waals surface area contributed by atoms with Crippen LogP contribution in [0.2, 0.25) is 0 Å². The van der Waals surface area contributed by atoms with Crippen molar-refractivity contribution in [2.45, 2.75) is 31.7 Å². The van der Waals surface area contributed by atoms with E-state index in [2.05, 4.69) is 61.4 Å². The molecule has 0 fully saturated rings. The highest BCUT2D eigenvalue weighted by molar-refractivity contribution is 7.99. The number of aryl methyl sites for hydroxylation is 2. The molecule has 1 aromatic heterocycles. The standard InChI is InChI=1S/C15H20N2S2/c1-11(15-12(2)17-13(3)19-15)16-9-10-18-14-7-5-4-6-8-14/h4-8,11,16H,9-10H2,1-3H3. The van der Waals surface area contributed by atoms with Crippen LogP contribution in [0.1, 0.15) is 28.5 Å². The van der Waals surface area contributed by atoms with Crippen LogP contribution in [0, 0.1) is 13.8 Å². The number of nitrogens with zero attached hydrogens (tertiary/aromatic N) is 1. The number of aromatic nitrogens is 1. The molecular formula is C15H20N2S2. The lowest BCUT2D eigenvalue weighted by atomic mass is 10.2. The van der Waals surface area contributed by atoms with E-state index in [1.807, 2.05) is 11.8 Å². The summed E-state index contributed by atoms with van der Waals surface area (Å²) in [6.45, 7) is 7.39. The number of rotatable bonds is 6. The second-order valence-corrected chi connectivity index (χ2v) is 6.92. The Morgan fingerprint density at radius 2 is 2.00 bits per heavy atom. The lowest BCUT2D eigenvalue weighted by Gasteiger charge is -2.12. The molecule has 4 heteroatoms. The molecule has 102 valence electrons. The van der Waals surface area contributed by atoms with Crippen molar-refractivity contribution in [3.8, 4) is 0 Å². The molecule has 0 bridgehead atoms. The third kappa shape index (κ3) is 4.34. The average Bonchev–Trinajstić information content (AvgIpc) is 2.75. The Bertz CT molecular complexity index is 508. The third-order valence-electron chi connectivity index (χ3n) is 2.90. The molecule has 0 saturated heterocycles. The van der Waals surface area contributed by atoms with E-state index in [0.717, 1.165) is 17.3 Å². The quantitative estimate of drug-likeness (QED) is 0.638. The van der Waals surface area contributed by atoms with Crippen LogP contribution in [0.4, 0.5) is 0 Å². The Hall–Kier alpha value is -0.840. The van der Waals surface area contributed by atoms with Crippen LogP contribution in [-0.4, -0.2) is 17.3 Å². The average molecular weight is 292 g/mol. The lowest BCUT2D eigenvalue weighted by molar-refractivity contribution is 0.606. The number of hydrogen-bond donors (Lipinski definition) is 1. The Morgan fingerprint density at radius 3 is 2.63 bits per heavy atom. The minimum atomic E-state index is 0.391. The molecule has 1 N–H and O–H groups in total. The predicted octanol–water partition coefficient (Wildman–Crippen LogP) is 4.20. The molecule has 0 amide bonds. The molecule has 1 aromatic carbocycles. The molecule has 0 radical (unpaired) electrons. The summed E-state index contributed by atoms with van der Waals surface area (Å²) in [6, 6.07) is 10.9. The van der Waals surface area contributed by atoms with Crippen LogP contribution < -0.4 is 5.32 Å². The van der Waals surface area contributed by atoms with Gasteiger partial charge in [-0.1, -0.05) is 18.2 Å². The van der Waals surface area contributed by atoms with Crippen molar-refractivity contribution in [1.29, 1.82) is 0 Å². The fourth-order valence-corrected chi connectivity index (χ4v) is 3.76. The number of thioether (sulfide) groups is 1. The first-order valence-electron chi connectivity index (χ1n) is 6.52. The van der Waals surface area contributed by atoms with Crippen molar-refractivity contribution in [3.05, 3.63) is 45.9 Å². The van der Waals surface area contributed by atoms with Crippen molar-refractivity contribution in [2.75, 3.05) is 12.3 Å². The van der Waals surface area contributed by atoms with Crippen molar-refractivity contribution in [3.63, 3.8) is 0 Å². The minimum Gasteiger partial charge on any atom is -0.309 e. The summed E-state index contributed by atoms with van der Waals surface area (Å²) in [5, 5.41) is 4.73. The smallest absolute Gasteiger partial charge is 0.0900 e. The van der Waals surface area contributed by atoms with Crippen LogP contribution in [0.3, 0.4) is 0 Å². The van der Waals surface area contributed by atoms with Gasteiger partial charge >= 0.3 is 0 Å². The van der Waals surface area contributed by atoms with E-state index >= 15 is 0 Å². The molecule has 2 rings (SSSR count). The largest absolute Gasteiger partial charge is 0.309 e. The Kier molecular flexibility index (Phi) is 5.43. The van der Waals surface area contributed by atoms with Crippen LogP contribution in [0.25, 0.3) is 0 Å². The maximum Gasteiger partial charge on any atom is 0.0900 e. The summed E-state index contributed by atoms with van der Waals surface area (Å²) >= 11 is 3.69. The normalized spacial score (nSPS) is 12.6. The third-order valence-corrected chi connectivity index (χ3v) is 5.17. The van der Waals surface area contributed by atoms with Crippen molar-refractivity contribution < 1.29 is 0 Å². The molecule has 2 aromatic rings.